The van der Waals surface area contributed by atoms with Crippen molar-refractivity contribution in [2.24, 2.45) is 0 Å². The van der Waals surface area contributed by atoms with Gasteiger partial charge < -0.3 is 19.6 Å². The molecule has 1 heterocycles. The fourth-order valence-corrected chi connectivity index (χ4v) is 2.37. The molecule has 0 unspecified atom stereocenters. The van der Waals surface area contributed by atoms with Gasteiger partial charge >= 0.3 is 5.97 Å². The van der Waals surface area contributed by atoms with Crippen LogP contribution in [0.4, 0.5) is 0 Å². The summed E-state index contributed by atoms with van der Waals surface area (Å²) in [6, 6.07) is 3.91. The van der Waals surface area contributed by atoms with E-state index in [1.807, 2.05) is 32.9 Å². The lowest BCUT2D eigenvalue weighted by Gasteiger charge is -2.14. The summed E-state index contributed by atoms with van der Waals surface area (Å²) >= 11 is 0. The van der Waals surface area contributed by atoms with Crippen LogP contribution < -0.4 is 9.47 Å². The third-order valence-electron chi connectivity index (χ3n) is 3.31. The maximum atomic E-state index is 11.5. The monoisotopic (exact) mass is 305 g/mol. The normalized spacial score (nSPS) is 11.1. The fraction of sp³-hybridized carbons (Fsp3) is 0.471. The van der Waals surface area contributed by atoms with Gasteiger partial charge in [0.2, 0.25) is 0 Å². The maximum absolute atomic E-state index is 11.5. The van der Waals surface area contributed by atoms with Crippen molar-refractivity contribution in [2.45, 2.75) is 46.6 Å². The first-order valence-electron chi connectivity index (χ1n) is 7.69. The molecular formula is C17H23NO4. The highest BCUT2D eigenvalue weighted by molar-refractivity contribution is 6.03. The molecule has 0 aliphatic heterocycles. The van der Waals surface area contributed by atoms with Gasteiger partial charge in [-0.15, -0.1) is 0 Å². The highest BCUT2D eigenvalue weighted by Crippen LogP contribution is 2.39. The van der Waals surface area contributed by atoms with Crippen LogP contribution in [0.15, 0.2) is 12.1 Å². The number of aromatic nitrogens is 1. The molecule has 1 aromatic carbocycles. The van der Waals surface area contributed by atoms with Crippen LogP contribution in [0.25, 0.3) is 10.9 Å². The van der Waals surface area contributed by atoms with Crippen LogP contribution >= 0.6 is 0 Å². The van der Waals surface area contributed by atoms with Gasteiger partial charge in [-0.3, -0.25) is 0 Å². The van der Waals surface area contributed by atoms with Crippen LogP contribution in [0.1, 0.15) is 50.2 Å². The van der Waals surface area contributed by atoms with E-state index in [-0.39, 0.29) is 11.8 Å². The van der Waals surface area contributed by atoms with Gasteiger partial charge in [-0.25, -0.2) is 4.79 Å². The summed E-state index contributed by atoms with van der Waals surface area (Å²) in [4.78, 5) is 14.4. The van der Waals surface area contributed by atoms with Gasteiger partial charge in [-0.2, -0.15) is 0 Å². The molecule has 0 fully saturated rings. The highest BCUT2D eigenvalue weighted by atomic mass is 16.5. The molecule has 2 aromatic rings. The molecule has 1 aromatic heterocycles. The molecule has 120 valence electrons. The van der Waals surface area contributed by atoms with Gasteiger partial charge in [0.25, 0.3) is 0 Å². The van der Waals surface area contributed by atoms with E-state index in [0.717, 1.165) is 23.9 Å². The van der Waals surface area contributed by atoms with Crippen molar-refractivity contribution in [2.75, 3.05) is 6.61 Å². The number of carboxylic acid groups (broad SMARTS) is 1. The minimum atomic E-state index is -1.03. The number of fused-ring (bicyclic) bond motifs is 1. The molecule has 0 bridgehead atoms. The topological polar surface area (TPSA) is 71.5 Å². The number of ether oxygens (including phenoxy) is 2. The number of carbonyl (C=O) groups is 1. The second-order valence-corrected chi connectivity index (χ2v) is 5.52. The average Bonchev–Trinajstić information content (AvgIpc) is 2.83. The van der Waals surface area contributed by atoms with E-state index in [9.17, 15) is 9.90 Å². The van der Waals surface area contributed by atoms with Crippen molar-refractivity contribution in [3.63, 3.8) is 0 Å². The van der Waals surface area contributed by atoms with Crippen LogP contribution in [0, 0.1) is 0 Å². The van der Waals surface area contributed by atoms with E-state index in [0.29, 0.717) is 23.5 Å². The Labute approximate surface area is 130 Å². The summed E-state index contributed by atoms with van der Waals surface area (Å²) in [5.41, 5.74) is 1.90. The van der Waals surface area contributed by atoms with Gasteiger partial charge in [0.05, 0.1) is 23.6 Å². The summed E-state index contributed by atoms with van der Waals surface area (Å²) in [5.74, 6) is -0.00213. The van der Waals surface area contributed by atoms with E-state index >= 15 is 0 Å². The van der Waals surface area contributed by atoms with Gasteiger partial charge in [0, 0.05) is 0 Å². The fourth-order valence-electron chi connectivity index (χ4n) is 2.37. The largest absolute Gasteiger partial charge is 0.490 e. The quantitative estimate of drug-likeness (QED) is 0.811. The maximum Gasteiger partial charge on any atom is 0.356 e. The molecular weight excluding hydrogens is 282 g/mol. The Morgan fingerprint density at radius 2 is 2.05 bits per heavy atom. The lowest BCUT2D eigenvalue weighted by atomic mass is 10.1. The Balaban J connectivity index is 2.69. The molecule has 0 radical (unpaired) electrons. The SMILES string of the molecule is CCCOc1c(C(=O)O)[nH]c2cc(CC)cc(OC(C)C)c12. The zero-order valence-electron chi connectivity index (χ0n) is 13.5. The smallest absolute Gasteiger partial charge is 0.356 e. The summed E-state index contributed by atoms with van der Waals surface area (Å²) < 4.78 is 11.6. The van der Waals surface area contributed by atoms with Gasteiger partial charge in [-0.05, 0) is 44.4 Å². The molecule has 0 saturated heterocycles. The summed E-state index contributed by atoms with van der Waals surface area (Å²) in [6.45, 7) is 8.39. The number of nitrogens with one attached hydrogen (secondary N) is 1. The van der Waals surface area contributed by atoms with Crippen molar-refractivity contribution in [3.05, 3.63) is 23.4 Å². The van der Waals surface area contributed by atoms with E-state index in [4.69, 9.17) is 9.47 Å². The van der Waals surface area contributed by atoms with Crippen molar-refractivity contribution >= 4 is 16.9 Å². The number of aryl methyl sites for hydroxylation is 1. The zero-order chi connectivity index (χ0) is 16.3. The van der Waals surface area contributed by atoms with Crippen LogP contribution in [-0.4, -0.2) is 28.8 Å². The third kappa shape index (κ3) is 3.18. The number of hydrogen-bond acceptors (Lipinski definition) is 3. The van der Waals surface area contributed by atoms with E-state index in [1.54, 1.807) is 0 Å². The zero-order valence-corrected chi connectivity index (χ0v) is 13.5. The van der Waals surface area contributed by atoms with Crippen molar-refractivity contribution in [1.82, 2.24) is 4.98 Å². The molecule has 0 aliphatic carbocycles. The molecule has 22 heavy (non-hydrogen) atoms. The van der Waals surface area contributed by atoms with Crippen molar-refractivity contribution in [3.8, 4) is 11.5 Å². The Morgan fingerprint density at radius 3 is 2.59 bits per heavy atom. The number of carboxylic acids is 1. The van der Waals surface area contributed by atoms with Crippen molar-refractivity contribution in [1.29, 1.82) is 0 Å². The van der Waals surface area contributed by atoms with E-state index in [2.05, 4.69) is 11.9 Å². The first kappa shape index (κ1) is 16.2. The summed E-state index contributed by atoms with van der Waals surface area (Å²) in [6.07, 6.45) is 1.65. The second kappa shape index (κ2) is 6.73. The molecule has 0 aliphatic rings. The average molecular weight is 305 g/mol. The summed E-state index contributed by atoms with van der Waals surface area (Å²) in [7, 11) is 0. The predicted molar refractivity (Wildman–Crippen MR) is 86.2 cm³/mol. The molecule has 0 atom stereocenters. The van der Waals surface area contributed by atoms with Crippen LogP contribution in [0.5, 0.6) is 11.5 Å². The number of aromatic carboxylic acids is 1. The second-order valence-electron chi connectivity index (χ2n) is 5.52. The third-order valence-corrected chi connectivity index (χ3v) is 3.31. The summed E-state index contributed by atoms with van der Waals surface area (Å²) in [5, 5.41) is 10.1. The van der Waals surface area contributed by atoms with Crippen molar-refractivity contribution < 1.29 is 19.4 Å². The molecule has 2 N–H and O–H groups in total. The van der Waals surface area contributed by atoms with Crippen LogP contribution in [0.2, 0.25) is 0 Å². The number of hydrogen-bond donors (Lipinski definition) is 2. The minimum absolute atomic E-state index is 0.00231. The Bertz CT molecular complexity index is 673. The number of H-pyrrole nitrogens is 1. The Hall–Kier alpha value is -2.17. The van der Waals surface area contributed by atoms with E-state index < -0.39 is 5.97 Å². The van der Waals surface area contributed by atoms with E-state index in [1.165, 1.54) is 0 Å². The predicted octanol–water partition coefficient (Wildman–Crippen LogP) is 4.00. The Kier molecular flexibility index (Phi) is 4.96. The standard InChI is InChI=1S/C17H23NO4/c1-5-7-21-16-14-12(18-15(16)17(19)20)8-11(6-2)9-13(14)22-10(3)4/h8-10,18H,5-7H2,1-4H3,(H,19,20). The number of benzene rings is 1. The molecule has 0 amide bonds. The van der Waals surface area contributed by atoms with Crippen LogP contribution in [-0.2, 0) is 6.42 Å². The van der Waals surface area contributed by atoms with Gasteiger partial charge in [-0.1, -0.05) is 13.8 Å². The highest BCUT2D eigenvalue weighted by Gasteiger charge is 2.22. The van der Waals surface area contributed by atoms with Crippen LogP contribution in [0.3, 0.4) is 0 Å². The molecule has 0 spiro atoms. The lowest BCUT2D eigenvalue weighted by molar-refractivity contribution is 0.0687. The molecule has 2 rings (SSSR count). The molecule has 0 saturated carbocycles. The van der Waals surface area contributed by atoms with Gasteiger partial charge in [0.15, 0.2) is 11.4 Å². The first-order chi connectivity index (χ1) is 10.5. The number of aromatic amines is 1. The lowest BCUT2D eigenvalue weighted by Crippen LogP contribution is -2.07. The molecule has 5 nitrogen and oxygen atoms in total. The molecule has 5 heteroatoms. The minimum Gasteiger partial charge on any atom is -0.490 e. The van der Waals surface area contributed by atoms with Gasteiger partial charge in [0.1, 0.15) is 5.75 Å². The number of rotatable bonds is 7. The first-order valence-corrected chi connectivity index (χ1v) is 7.69. The Morgan fingerprint density at radius 1 is 1.32 bits per heavy atom.